The number of benzene rings is 1. The zero-order valence-corrected chi connectivity index (χ0v) is 14.3. The Balaban J connectivity index is 2.14. The van der Waals surface area contributed by atoms with Crippen LogP contribution in [-0.4, -0.2) is 17.6 Å². The summed E-state index contributed by atoms with van der Waals surface area (Å²) in [6, 6.07) is 13.3. The van der Waals surface area contributed by atoms with E-state index in [4.69, 9.17) is 0 Å². The van der Waals surface area contributed by atoms with Gasteiger partial charge in [-0.1, -0.05) is 44.2 Å². The van der Waals surface area contributed by atoms with Crippen LogP contribution in [0.1, 0.15) is 37.3 Å². The van der Waals surface area contributed by atoms with E-state index in [1.807, 2.05) is 12.4 Å². The van der Waals surface area contributed by atoms with Gasteiger partial charge in [-0.15, -0.1) is 0 Å². The fourth-order valence-electron chi connectivity index (χ4n) is 2.57. The first-order chi connectivity index (χ1) is 10.2. The Morgan fingerprint density at radius 1 is 1.19 bits per heavy atom. The lowest BCUT2D eigenvalue weighted by molar-refractivity contribution is 0.446. The lowest BCUT2D eigenvalue weighted by atomic mass is 9.89. The summed E-state index contributed by atoms with van der Waals surface area (Å²) in [5.74, 6) is 0.469. The van der Waals surface area contributed by atoms with Crippen molar-refractivity contribution in [1.29, 1.82) is 0 Å². The molecule has 0 saturated carbocycles. The molecular weight excluding hydrogens is 324 g/mol. The van der Waals surface area contributed by atoms with Gasteiger partial charge in [0.1, 0.15) is 0 Å². The van der Waals surface area contributed by atoms with Gasteiger partial charge in [-0.25, -0.2) is 0 Å². The van der Waals surface area contributed by atoms with Crippen molar-refractivity contribution in [2.75, 3.05) is 6.54 Å². The quantitative estimate of drug-likeness (QED) is 0.794. The molecule has 21 heavy (non-hydrogen) atoms. The van der Waals surface area contributed by atoms with Crippen LogP contribution in [0.25, 0.3) is 0 Å². The van der Waals surface area contributed by atoms with Gasteiger partial charge in [0.25, 0.3) is 0 Å². The fraction of sp³-hybridized carbons (Fsp3) is 0.389. The highest BCUT2D eigenvalue weighted by Crippen LogP contribution is 2.22. The van der Waals surface area contributed by atoms with Crippen LogP contribution < -0.4 is 5.32 Å². The molecule has 112 valence electrons. The third kappa shape index (κ3) is 4.94. The summed E-state index contributed by atoms with van der Waals surface area (Å²) >= 11 is 3.50. The van der Waals surface area contributed by atoms with Crippen LogP contribution in [0.3, 0.4) is 0 Å². The standard InChI is InChI=1S/C18H23BrN2/c1-3-9-21-18(11-15-10-17(19)13-20-12-15)14(2)16-7-5-4-6-8-16/h4-8,10,12-14,18,21H,3,9,11H2,1-2H3. The molecule has 1 N–H and O–H groups in total. The summed E-state index contributed by atoms with van der Waals surface area (Å²) in [6.45, 7) is 5.55. The van der Waals surface area contributed by atoms with Crippen LogP contribution in [0.5, 0.6) is 0 Å². The van der Waals surface area contributed by atoms with Gasteiger partial charge in [0.05, 0.1) is 0 Å². The maximum absolute atomic E-state index is 4.27. The summed E-state index contributed by atoms with van der Waals surface area (Å²) in [5, 5.41) is 3.69. The van der Waals surface area contributed by atoms with Crippen molar-refractivity contribution < 1.29 is 0 Å². The number of rotatable bonds is 7. The van der Waals surface area contributed by atoms with Gasteiger partial charge in [0, 0.05) is 22.9 Å². The molecule has 0 saturated heterocycles. The zero-order chi connectivity index (χ0) is 15.1. The first-order valence-electron chi connectivity index (χ1n) is 7.58. The Labute approximate surface area is 136 Å². The number of halogens is 1. The number of nitrogens with one attached hydrogen (secondary N) is 1. The van der Waals surface area contributed by atoms with E-state index in [-0.39, 0.29) is 0 Å². The Hall–Kier alpha value is -1.19. The van der Waals surface area contributed by atoms with E-state index in [1.54, 1.807) is 0 Å². The topological polar surface area (TPSA) is 24.9 Å². The van der Waals surface area contributed by atoms with E-state index in [0.29, 0.717) is 12.0 Å². The van der Waals surface area contributed by atoms with Crippen molar-refractivity contribution in [3.63, 3.8) is 0 Å². The highest BCUT2D eigenvalue weighted by molar-refractivity contribution is 9.10. The normalized spacial score (nSPS) is 13.9. The Bertz CT molecular complexity index is 542. The third-order valence-corrected chi connectivity index (χ3v) is 4.24. The minimum atomic E-state index is 0.420. The molecule has 0 radical (unpaired) electrons. The number of hydrogen-bond donors (Lipinski definition) is 1. The van der Waals surface area contributed by atoms with E-state index in [0.717, 1.165) is 23.9 Å². The minimum Gasteiger partial charge on any atom is -0.313 e. The molecule has 2 aromatic rings. The lowest BCUT2D eigenvalue weighted by Crippen LogP contribution is -2.36. The van der Waals surface area contributed by atoms with Crippen LogP contribution in [0.2, 0.25) is 0 Å². The average Bonchev–Trinajstić information content (AvgIpc) is 2.51. The summed E-state index contributed by atoms with van der Waals surface area (Å²) in [6.07, 6.45) is 5.93. The van der Waals surface area contributed by atoms with Gasteiger partial charge >= 0.3 is 0 Å². The van der Waals surface area contributed by atoms with E-state index < -0.39 is 0 Å². The second-order valence-corrected chi connectivity index (χ2v) is 6.39. The van der Waals surface area contributed by atoms with Gasteiger partial charge < -0.3 is 5.32 Å². The molecule has 0 fully saturated rings. The molecule has 0 bridgehead atoms. The average molecular weight is 347 g/mol. The SMILES string of the molecule is CCCNC(Cc1cncc(Br)c1)C(C)c1ccccc1. The van der Waals surface area contributed by atoms with Crippen LogP contribution in [0, 0.1) is 0 Å². The number of pyridine rings is 1. The number of aromatic nitrogens is 1. The number of hydrogen-bond acceptors (Lipinski definition) is 2. The van der Waals surface area contributed by atoms with Crippen LogP contribution >= 0.6 is 15.9 Å². The Morgan fingerprint density at radius 3 is 2.62 bits per heavy atom. The molecule has 2 unspecified atom stereocenters. The number of nitrogens with zero attached hydrogens (tertiary/aromatic N) is 1. The molecule has 3 heteroatoms. The minimum absolute atomic E-state index is 0.420. The summed E-state index contributed by atoms with van der Waals surface area (Å²) in [4.78, 5) is 4.27. The van der Waals surface area contributed by atoms with Crippen molar-refractivity contribution in [2.24, 2.45) is 0 Å². The molecule has 0 spiro atoms. The summed E-state index contributed by atoms with van der Waals surface area (Å²) in [5.41, 5.74) is 2.65. The van der Waals surface area contributed by atoms with Crippen molar-refractivity contribution in [3.8, 4) is 0 Å². The molecule has 0 amide bonds. The van der Waals surface area contributed by atoms with Crippen molar-refractivity contribution >= 4 is 15.9 Å². The monoisotopic (exact) mass is 346 g/mol. The largest absolute Gasteiger partial charge is 0.313 e. The first-order valence-corrected chi connectivity index (χ1v) is 8.37. The predicted molar refractivity (Wildman–Crippen MR) is 92.6 cm³/mol. The molecule has 0 aliphatic rings. The summed E-state index contributed by atoms with van der Waals surface area (Å²) < 4.78 is 1.04. The molecule has 1 heterocycles. The van der Waals surface area contributed by atoms with Gasteiger partial charge in [-0.2, -0.15) is 0 Å². The molecule has 1 aromatic heterocycles. The summed E-state index contributed by atoms with van der Waals surface area (Å²) in [7, 11) is 0. The Kier molecular flexibility index (Phi) is 6.40. The molecule has 2 rings (SSSR count). The molecular formula is C18H23BrN2. The molecule has 1 aromatic carbocycles. The van der Waals surface area contributed by atoms with Crippen LogP contribution in [0.4, 0.5) is 0 Å². The highest BCUT2D eigenvalue weighted by Gasteiger charge is 2.18. The first kappa shape index (κ1) is 16.2. The van der Waals surface area contributed by atoms with E-state index in [9.17, 15) is 0 Å². The van der Waals surface area contributed by atoms with Gasteiger partial charge in [-0.3, -0.25) is 4.98 Å². The zero-order valence-electron chi connectivity index (χ0n) is 12.7. The molecule has 2 atom stereocenters. The lowest BCUT2D eigenvalue weighted by Gasteiger charge is -2.26. The van der Waals surface area contributed by atoms with E-state index in [2.05, 4.69) is 76.5 Å². The van der Waals surface area contributed by atoms with Crippen LogP contribution in [-0.2, 0) is 6.42 Å². The molecule has 0 aliphatic heterocycles. The van der Waals surface area contributed by atoms with Gasteiger partial charge in [0.2, 0.25) is 0 Å². The maximum Gasteiger partial charge on any atom is 0.0410 e. The second kappa shape index (κ2) is 8.30. The van der Waals surface area contributed by atoms with Crippen molar-refractivity contribution in [1.82, 2.24) is 10.3 Å². The molecule has 0 aliphatic carbocycles. The van der Waals surface area contributed by atoms with Crippen molar-refractivity contribution in [2.45, 2.75) is 38.6 Å². The fourth-order valence-corrected chi connectivity index (χ4v) is 2.98. The second-order valence-electron chi connectivity index (χ2n) is 5.48. The third-order valence-electron chi connectivity index (χ3n) is 3.80. The van der Waals surface area contributed by atoms with E-state index >= 15 is 0 Å². The van der Waals surface area contributed by atoms with Gasteiger partial charge in [-0.05, 0) is 58.4 Å². The van der Waals surface area contributed by atoms with Crippen molar-refractivity contribution in [3.05, 3.63) is 64.4 Å². The van der Waals surface area contributed by atoms with E-state index in [1.165, 1.54) is 11.1 Å². The smallest absolute Gasteiger partial charge is 0.0410 e. The van der Waals surface area contributed by atoms with Crippen LogP contribution in [0.15, 0.2) is 53.3 Å². The Morgan fingerprint density at radius 2 is 1.95 bits per heavy atom. The highest BCUT2D eigenvalue weighted by atomic mass is 79.9. The molecule has 2 nitrogen and oxygen atoms in total. The predicted octanol–water partition coefficient (Wildman–Crippen LogP) is 4.56. The maximum atomic E-state index is 4.27. The van der Waals surface area contributed by atoms with Gasteiger partial charge in [0.15, 0.2) is 0 Å².